The molecule has 0 fully saturated rings. The van der Waals surface area contributed by atoms with Crippen molar-refractivity contribution in [3.05, 3.63) is 94.5 Å². The molecule has 1 amide bonds. The second-order valence-corrected chi connectivity index (χ2v) is 8.86. The van der Waals surface area contributed by atoms with Gasteiger partial charge in [-0.3, -0.25) is 0 Å². The molecule has 3 aromatic rings. The van der Waals surface area contributed by atoms with Gasteiger partial charge in [-0.1, -0.05) is 54.6 Å². The maximum atomic E-state index is 12.1. The Kier molecular flexibility index (Phi) is 8.66. The minimum absolute atomic E-state index is 0.129. The van der Waals surface area contributed by atoms with Crippen LogP contribution in [0.3, 0.4) is 0 Å². The average Bonchev–Trinajstić information content (AvgIpc) is 2.84. The lowest BCUT2D eigenvalue weighted by molar-refractivity contribution is -0.619. The van der Waals surface area contributed by atoms with Gasteiger partial charge >= 0.3 is 6.09 Å². The van der Waals surface area contributed by atoms with Crippen LogP contribution in [-0.2, 0) is 0 Å². The first-order valence-corrected chi connectivity index (χ1v) is 11.8. The lowest BCUT2D eigenvalue weighted by Gasteiger charge is -2.29. The molecular weight excluding hydrogens is 428 g/mol. The number of aliphatic hydroxyl groups is 1. The number of aliphatic hydroxyl groups excluding tert-OH is 1. The summed E-state index contributed by atoms with van der Waals surface area (Å²) in [7, 11) is 0. The molecule has 0 aliphatic heterocycles. The summed E-state index contributed by atoms with van der Waals surface area (Å²) in [4.78, 5) is 13.6. The number of hydrogen-bond donors (Lipinski definition) is 2. The summed E-state index contributed by atoms with van der Waals surface area (Å²) < 4.78 is 0.911. The standard InChI is InChI=1S/C28H34N2O4/c1-20-18-27(19-21(2)30(20)34)26-13-11-23(12-14-26)22(3)29(28(32)33)16-15-25(10-7-17-31)24-8-5-4-6-9-24/h4-6,8-9,11-14,18-19,22,25,31H,7,10,15-17H2,1-3H3,(H,32,33)/t22-,25-/m0/s1. The quantitative estimate of drug-likeness (QED) is 0.304. The highest BCUT2D eigenvalue weighted by Gasteiger charge is 2.23. The molecule has 2 N–H and O–H groups in total. The van der Waals surface area contributed by atoms with E-state index < -0.39 is 6.09 Å². The average molecular weight is 463 g/mol. The van der Waals surface area contributed by atoms with E-state index in [2.05, 4.69) is 12.1 Å². The molecule has 0 radical (unpaired) electrons. The number of benzene rings is 2. The third kappa shape index (κ3) is 6.14. The summed E-state index contributed by atoms with van der Waals surface area (Å²) in [6.45, 7) is 6.02. The monoisotopic (exact) mass is 462 g/mol. The first-order chi connectivity index (χ1) is 16.3. The van der Waals surface area contributed by atoms with E-state index in [1.807, 2.05) is 61.5 Å². The van der Waals surface area contributed by atoms with Crippen LogP contribution in [0, 0.1) is 19.1 Å². The fourth-order valence-electron chi connectivity index (χ4n) is 4.48. The molecule has 0 saturated heterocycles. The molecule has 180 valence electrons. The molecule has 34 heavy (non-hydrogen) atoms. The molecule has 6 heteroatoms. The van der Waals surface area contributed by atoms with E-state index in [0.717, 1.165) is 27.8 Å². The molecule has 0 bridgehead atoms. The summed E-state index contributed by atoms with van der Waals surface area (Å²) in [5.74, 6) is 0.193. The van der Waals surface area contributed by atoms with Crippen molar-refractivity contribution in [2.24, 2.45) is 0 Å². The largest absolute Gasteiger partial charge is 0.618 e. The van der Waals surface area contributed by atoms with Crippen LogP contribution >= 0.6 is 0 Å². The van der Waals surface area contributed by atoms with Crippen molar-refractivity contribution >= 4 is 6.09 Å². The van der Waals surface area contributed by atoms with E-state index in [1.54, 1.807) is 13.8 Å². The minimum atomic E-state index is -0.945. The molecule has 0 aliphatic carbocycles. The van der Waals surface area contributed by atoms with Gasteiger partial charge in [-0.15, -0.1) is 0 Å². The van der Waals surface area contributed by atoms with Gasteiger partial charge in [0.2, 0.25) is 0 Å². The highest BCUT2D eigenvalue weighted by molar-refractivity contribution is 5.66. The zero-order valence-corrected chi connectivity index (χ0v) is 20.1. The second-order valence-electron chi connectivity index (χ2n) is 8.86. The molecule has 0 unspecified atom stereocenters. The van der Waals surface area contributed by atoms with Crippen molar-refractivity contribution in [3.63, 3.8) is 0 Å². The normalized spacial score (nSPS) is 12.8. The van der Waals surface area contributed by atoms with E-state index in [0.29, 0.717) is 30.8 Å². The summed E-state index contributed by atoms with van der Waals surface area (Å²) >= 11 is 0. The predicted octanol–water partition coefficient (Wildman–Crippen LogP) is 5.59. The number of aryl methyl sites for hydroxylation is 2. The number of pyridine rings is 1. The first-order valence-electron chi connectivity index (χ1n) is 11.8. The number of rotatable bonds is 10. The van der Waals surface area contributed by atoms with Gasteiger partial charge in [0.1, 0.15) is 0 Å². The van der Waals surface area contributed by atoms with Gasteiger partial charge in [0, 0.05) is 39.1 Å². The fourth-order valence-corrected chi connectivity index (χ4v) is 4.48. The molecule has 0 saturated carbocycles. The van der Waals surface area contributed by atoms with Crippen molar-refractivity contribution < 1.29 is 19.7 Å². The van der Waals surface area contributed by atoms with Crippen LogP contribution in [0.2, 0.25) is 0 Å². The lowest BCUT2D eigenvalue weighted by atomic mass is 9.91. The van der Waals surface area contributed by atoms with E-state index >= 15 is 0 Å². The molecule has 1 aromatic heterocycles. The summed E-state index contributed by atoms with van der Waals surface area (Å²) in [5, 5.41) is 31.2. The van der Waals surface area contributed by atoms with E-state index in [4.69, 9.17) is 0 Å². The maximum Gasteiger partial charge on any atom is 0.407 e. The second kappa shape index (κ2) is 11.7. The van der Waals surface area contributed by atoms with Crippen LogP contribution in [0.1, 0.15) is 60.7 Å². The van der Waals surface area contributed by atoms with Gasteiger partial charge in [0.15, 0.2) is 11.4 Å². The van der Waals surface area contributed by atoms with Crippen LogP contribution in [-0.4, -0.2) is 34.4 Å². The molecular formula is C28H34N2O4. The molecule has 6 nitrogen and oxygen atoms in total. The molecule has 0 spiro atoms. The van der Waals surface area contributed by atoms with Gasteiger partial charge in [0.05, 0.1) is 6.04 Å². The number of carbonyl (C=O) groups is 1. The van der Waals surface area contributed by atoms with Gasteiger partial charge in [-0.05, 0) is 54.4 Å². The SMILES string of the molecule is Cc1cc(-c2ccc([C@H](C)N(CC[C@H](CCCO)c3ccccc3)C(=O)O)cc2)cc(C)[n+]1[O-]. The topological polar surface area (TPSA) is 87.7 Å². The molecule has 1 heterocycles. The van der Waals surface area contributed by atoms with Crippen LogP contribution in [0.25, 0.3) is 11.1 Å². The van der Waals surface area contributed by atoms with Crippen LogP contribution in [0.15, 0.2) is 66.7 Å². The van der Waals surface area contributed by atoms with Crippen LogP contribution < -0.4 is 4.73 Å². The molecule has 0 aliphatic rings. The maximum absolute atomic E-state index is 12.1. The lowest BCUT2D eigenvalue weighted by Crippen LogP contribution is -2.34. The number of hydrogen-bond acceptors (Lipinski definition) is 3. The van der Waals surface area contributed by atoms with Crippen LogP contribution in [0.5, 0.6) is 0 Å². The number of carboxylic acid groups (broad SMARTS) is 1. The molecule has 2 atom stereocenters. The Morgan fingerprint density at radius 2 is 1.56 bits per heavy atom. The third-order valence-electron chi connectivity index (χ3n) is 6.51. The first kappa shape index (κ1) is 25.2. The Hall–Kier alpha value is -3.38. The number of nitrogens with zero attached hydrogens (tertiary/aromatic N) is 2. The summed E-state index contributed by atoms with van der Waals surface area (Å²) in [5.41, 5.74) is 5.31. The zero-order valence-electron chi connectivity index (χ0n) is 20.1. The van der Waals surface area contributed by atoms with Gasteiger partial charge < -0.3 is 20.3 Å². The smallest absolute Gasteiger partial charge is 0.407 e. The van der Waals surface area contributed by atoms with E-state index in [-0.39, 0.29) is 18.6 Å². The zero-order chi connectivity index (χ0) is 24.7. The molecule has 2 aromatic carbocycles. The van der Waals surface area contributed by atoms with Crippen molar-refractivity contribution in [1.29, 1.82) is 0 Å². The van der Waals surface area contributed by atoms with Crippen molar-refractivity contribution in [2.75, 3.05) is 13.2 Å². The van der Waals surface area contributed by atoms with Gasteiger partial charge in [-0.2, -0.15) is 4.73 Å². The molecule has 3 rings (SSSR count). The van der Waals surface area contributed by atoms with Crippen molar-refractivity contribution in [2.45, 2.75) is 52.0 Å². The fraction of sp³-hybridized carbons (Fsp3) is 0.357. The Morgan fingerprint density at radius 1 is 0.941 bits per heavy atom. The minimum Gasteiger partial charge on any atom is -0.618 e. The van der Waals surface area contributed by atoms with Crippen molar-refractivity contribution in [3.8, 4) is 11.1 Å². The number of aromatic nitrogens is 1. The van der Waals surface area contributed by atoms with Crippen LogP contribution in [0.4, 0.5) is 4.79 Å². The number of amides is 1. The van der Waals surface area contributed by atoms with E-state index in [1.165, 1.54) is 10.5 Å². The summed E-state index contributed by atoms with van der Waals surface area (Å²) in [6, 6.07) is 21.4. The Bertz CT molecular complexity index is 1060. The predicted molar refractivity (Wildman–Crippen MR) is 134 cm³/mol. The summed E-state index contributed by atoms with van der Waals surface area (Å²) in [6.07, 6.45) is 1.25. The Labute approximate surface area is 201 Å². The van der Waals surface area contributed by atoms with Crippen molar-refractivity contribution in [1.82, 2.24) is 4.90 Å². The van der Waals surface area contributed by atoms with Gasteiger partial charge in [0.25, 0.3) is 0 Å². The highest BCUT2D eigenvalue weighted by Crippen LogP contribution is 2.29. The van der Waals surface area contributed by atoms with Gasteiger partial charge in [-0.25, -0.2) is 4.79 Å². The highest BCUT2D eigenvalue weighted by atomic mass is 16.5. The Balaban J connectivity index is 1.75. The Morgan fingerprint density at radius 3 is 2.12 bits per heavy atom. The third-order valence-corrected chi connectivity index (χ3v) is 6.51. The van der Waals surface area contributed by atoms with E-state index in [9.17, 15) is 20.2 Å².